The molecule has 1 fully saturated rings. The molecule has 0 atom stereocenters. The van der Waals surface area contributed by atoms with Gasteiger partial charge in [-0.25, -0.2) is 10.4 Å². The van der Waals surface area contributed by atoms with Gasteiger partial charge in [0.25, 0.3) is 0 Å². The molecule has 0 amide bonds. The van der Waals surface area contributed by atoms with Crippen molar-refractivity contribution < 1.29 is 4.42 Å². The number of nitrogens with zero attached hydrogens (tertiary/aromatic N) is 1. The van der Waals surface area contributed by atoms with E-state index in [0.29, 0.717) is 0 Å². The van der Waals surface area contributed by atoms with Crippen molar-refractivity contribution >= 4 is 0 Å². The number of piperidine rings is 1. The minimum atomic E-state index is 0.812. The first kappa shape index (κ1) is 8.78. The first-order chi connectivity index (χ1) is 6.45. The summed E-state index contributed by atoms with van der Waals surface area (Å²) in [7, 11) is 0. The second kappa shape index (κ2) is 4.44. The fourth-order valence-corrected chi connectivity index (χ4v) is 1.65. The fourth-order valence-electron chi connectivity index (χ4n) is 1.65. The van der Waals surface area contributed by atoms with Crippen molar-refractivity contribution in [3.8, 4) is 0 Å². The average Bonchev–Trinajstić information content (AvgIpc) is 2.69. The fraction of sp³-hybridized carbons (Fsp3) is 0.600. The quantitative estimate of drug-likeness (QED) is 0.768. The van der Waals surface area contributed by atoms with Gasteiger partial charge in [0.2, 0.25) is 0 Å². The largest absolute Gasteiger partial charge is 0.468 e. The highest BCUT2D eigenvalue weighted by atomic mass is 16.3. The van der Waals surface area contributed by atoms with Gasteiger partial charge in [0.05, 0.1) is 12.8 Å². The zero-order valence-corrected chi connectivity index (χ0v) is 7.83. The number of hydrazine groups is 1. The number of nitrogens with one attached hydrogen (secondary N) is 1. The molecule has 1 N–H and O–H groups in total. The summed E-state index contributed by atoms with van der Waals surface area (Å²) in [6.07, 6.45) is 5.71. The van der Waals surface area contributed by atoms with Gasteiger partial charge in [-0.15, -0.1) is 0 Å². The summed E-state index contributed by atoms with van der Waals surface area (Å²) in [5.74, 6) is 1.01. The molecule has 1 aliphatic heterocycles. The highest BCUT2D eigenvalue weighted by Crippen LogP contribution is 2.07. The maximum atomic E-state index is 5.24. The zero-order chi connectivity index (χ0) is 8.93. The number of rotatable bonds is 3. The van der Waals surface area contributed by atoms with Gasteiger partial charge < -0.3 is 4.42 Å². The summed E-state index contributed by atoms with van der Waals surface area (Å²) in [6, 6.07) is 3.92. The Morgan fingerprint density at radius 1 is 1.31 bits per heavy atom. The van der Waals surface area contributed by atoms with E-state index >= 15 is 0 Å². The molecule has 2 rings (SSSR count). The van der Waals surface area contributed by atoms with Crippen LogP contribution in [-0.2, 0) is 6.54 Å². The van der Waals surface area contributed by atoms with Crippen LogP contribution in [0.3, 0.4) is 0 Å². The van der Waals surface area contributed by atoms with Crippen LogP contribution in [0.1, 0.15) is 25.0 Å². The van der Waals surface area contributed by atoms with E-state index in [1.807, 2.05) is 12.1 Å². The Morgan fingerprint density at radius 3 is 2.85 bits per heavy atom. The van der Waals surface area contributed by atoms with E-state index in [9.17, 15) is 0 Å². The highest BCUT2D eigenvalue weighted by Gasteiger charge is 2.09. The predicted molar refractivity (Wildman–Crippen MR) is 51.0 cm³/mol. The molecular formula is C10H16N2O. The Bertz CT molecular complexity index is 227. The molecule has 1 saturated heterocycles. The van der Waals surface area contributed by atoms with Crippen LogP contribution >= 0.6 is 0 Å². The Labute approximate surface area is 78.7 Å². The molecule has 72 valence electrons. The average molecular weight is 180 g/mol. The molecule has 1 aromatic heterocycles. The van der Waals surface area contributed by atoms with Gasteiger partial charge in [-0.3, -0.25) is 0 Å². The monoisotopic (exact) mass is 180 g/mol. The molecular weight excluding hydrogens is 164 g/mol. The lowest BCUT2D eigenvalue weighted by atomic mass is 10.2. The number of hydrogen-bond donors (Lipinski definition) is 1. The third kappa shape index (κ3) is 2.57. The third-order valence-corrected chi connectivity index (χ3v) is 2.41. The molecule has 1 aliphatic rings. The van der Waals surface area contributed by atoms with Crippen molar-refractivity contribution in [1.29, 1.82) is 0 Å². The van der Waals surface area contributed by atoms with Crippen molar-refractivity contribution in [3.63, 3.8) is 0 Å². The molecule has 1 aromatic rings. The molecule has 3 nitrogen and oxygen atoms in total. The van der Waals surface area contributed by atoms with E-state index in [2.05, 4.69) is 10.4 Å². The van der Waals surface area contributed by atoms with E-state index in [1.165, 1.54) is 32.4 Å². The Morgan fingerprint density at radius 2 is 2.15 bits per heavy atom. The molecule has 0 spiro atoms. The molecule has 0 saturated carbocycles. The third-order valence-electron chi connectivity index (χ3n) is 2.41. The summed E-state index contributed by atoms with van der Waals surface area (Å²) < 4.78 is 5.24. The van der Waals surface area contributed by atoms with Gasteiger partial charge in [-0.2, -0.15) is 0 Å². The molecule has 0 aliphatic carbocycles. The summed E-state index contributed by atoms with van der Waals surface area (Å²) in [6.45, 7) is 3.15. The van der Waals surface area contributed by atoms with Crippen LogP contribution in [0.25, 0.3) is 0 Å². The summed E-state index contributed by atoms with van der Waals surface area (Å²) in [4.78, 5) is 0. The van der Waals surface area contributed by atoms with E-state index in [-0.39, 0.29) is 0 Å². The van der Waals surface area contributed by atoms with Crippen LogP contribution in [0.2, 0.25) is 0 Å². The standard InChI is InChI=1S/C10H16N2O/c1-2-6-12(7-3-1)11-9-10-5-4-8-13-10/h4-5,8,11H,1-3,6-7,9H2. The topological polar surface area (TPSA) is 28.4 Å². The Kier molecular flexibility index (Phi) is 3.00. The lowest BCUT2D eigenvalue weighted by molar-refractivity contribution is 0.146. The van der Waals surface area contributed by atoms with Crippen molar-refractivity contribution in [2.75, 3.05) is 13.1 Å². The smallest absolute Gasteiger partial charge is 0.118 e. The first-order valence-electron chi connectivity index (χ1n) is 4.96. The minimum absolute atomic E-state index is 0.812. The van der Waals surface area contributed by atoms with Gasteiger partial charge in [0.15, 0.2) is 0 Å². The predicted octanol–water partition coefficient (Wildman–Crippen LogP) is 1.77. The van der Waals surface area contributed by atoms with Crippen LogP contribution in [0.15, 0.2) is 22.8 Å². The minimum Gasteiger partial charge on any atom is -0.468 e. The van der Waals surface area contributed by atoms with Crippen LogP contribution in [0.4, 0.5) is 0 Å². The lowest BCUT2D eigenvalue weighted by Gasteiger charge is -2.26. The molecule has 0 bridgehead atoms. The molecule has 13 heavy (non-hydrogen) atoms. The van der Waals surface area contributed by atoms with E-state index in [4.69, 9.17) is 4.42 Å². The van der Waals surface area contributed by atoms with Gasteiger partial charge in [-0.1, -0.05) is 6.42 Å². The SMILES string of the molecule is c1coc(CNN2CCCCC2)c1. The van der Waals surface area contributed by atoms with Crippen molar-refractivity contribution in [2.45, 2.75) is 25.8 Å². The second-order valence-corrected chi connectivity index (χ2v) is 3.46. The van der Waals surface area contributed by atoms with E-state index < -0.39 is 0 Å². The summed E-state index contributed by atoms with van der Waals surface area (Å²) in [5.41, 5.74) is 3.36. The van der Waals surface area contributed by atoms with Crippen LogP contribution in [0.5, 0.6) is 0 Å². The molecule has 0 unspecified atom stereocenters. The highest BCUT2D eigenvalue weighted by molar-refractivity contribution is 4.97. The molecule has 3 heteroatoms. The number of hydrogen-bond acceptors (Lipinski definition) is 3. The van der Waals surface area contributed by atoms with Crippen molar-refractivity contribution in [3.05, 3.63) is 24.2 Å². The molecule has 0 aromatic carbocycles. The molecule has 2 heterocycles. The van der Waals surface area contributed by atoms with Gasteiger partial charge >= 0.3 is 0 Å². The maximum absolute atomic E-state index is 5.24. The maximum Gasteiger partial charge on any atom is 0.118 e. The van der Waals surface area contributed by atoms with Crippen molar-refractivity contribution in [1.82, 2.24) is 10.4 Å². The summed E-state index contributed by atoms with van der Waals surface area (Å²) in [5, 5.41) is 2.28. The van der Waals surface area contributed by atoms with Crippen molar-refractivity contribution in [2.24, 2.45) is 0 Å². The lowest BCUT2D eigenvalue weighted by Crippen LogP contribution is -2.41. The second-order valence-electron chi connectivity index (χ2n) is 3.46. The van der Waals surface area contributed by atoms with Gasteiger partial charge in [0.1, 0.15) is 5.76 Å². The van der Waals surface area contributed by atoms with E-state index in [0.717, 1.165) is 12.3 Å². The first-order valence-corrected chi connectivity index (χ1v) is 4.96. The zero-order valence-electron chi connectivity index (χ0n) is 7.83. The van der Waals surface area contributed by atoms with Gasteiger partial charge in [-0.05, 0) is 25.0 Å². The Balaban J connectivity index is 1.72. The van der Waals surface area contributed by atoms with Gasteiger partial charge in [0, 0.05) is 13.1 Å². The normalized spacial score (nSPS) is 19.1. The molecule has 0 radical (unpaired) electrons. The van der Waals surface area contributed by atoms with E-state index in [1.54, 1.807) is 6.26 Å². The summed E-state index contributed by atoms with van der Waals surface area (Å²) >= 11 is 0. The van der Waals surface area contributed by atoms with Crippen LogP contribution in [0, 0.1) is 0 Å². The van der Waals surface area contributed by atoms with Crippen LogP contribution < -0.4 is 5.43 Å². The number of furan rings is 1. The van der Waals surface area contributed by atoms with Crippen LogP contribution in [-0.4, -0.2) is 18.1 Å². The Hall–Kier alpha value is -0.800.